The molecule has 0 bridgehead atoms. The van der Waals surface area contributed by atoms with Crippen molar-refractivity contribution >= 4 is 23.0 Å². The summed E-state index contributed by atoms with van der Waals surface area (Å²) in [6, 6.07) is 3.53. The number of pyridine rings is 1. The van der Waals surface area contributed by atoms with E-state index in [9.17, 15) is 9.59 Å². The van der Waals surface area contributed by atoms with Gasteiger partial charge in [0.15, 0.2) is 5.78 Å². The van der Waals surface area contributed by atoms with E-state index in [0.717, 1.165) is 23.3 Å². The molecule has 2 aromatic rings. The molecule has 7 heteroatoms. The quantitative estimate of drug-likeness (QED) is 0.662. The maximum absolute atomic E-state index is 12.4. The van der Waals surface area contributed by atoms with Gasteiger partial charge in [0.25, 0.3) is 0 Å². The van der Waals surface area contributed by atoms with Crippen LogP contribution in [-0.4, -0.2) is 33.2 Å². The van der Waals surface area contributed by atoms with Crippen molar-refractivity contribution in [2.24, 2.45) is 5.92 Å². The molecule has 0 spiro atoms. The highest BCUT2D eigenvalue weighted by atomic mass is 16.2. The van der Waals surface area contributed by atoms with Crippen LogP contribution in [0.3, 0.4) is 0 Å². The summed E-state index contributed by atoms with van der Waals surface area (Å²) in [4.78, 5) is 37.0. The van der Waals surface area contributed by atoms with Crippen LogP contribution in [0, 0.1) is 5.92 Å². The predicted molar refractivity (Wildman–Crippen MR) is 105 cm³/mol. The van der Waals surface area contributed by atoms with Gasteiger partial charge in [0.2, 0.25) is 5.91 Å². The molecule has 0 aliphatic carbocycles. The normalized spacial score (nSPS) is 10.7. The molecule has 2 N–H and O–H groups in total. The van der Waals surface area contributed by atoms with Gasteiger partial charge in [0.1, 0.15) is 12.0 Å². The van der Waals surface area contributed by atoms with Gasteiger partial charge in [-0.3, -0.25) is 14.6 Å². The average molecular weight is 367 g/mol. The second-order valence-electron chi connectivity index (χ2n) is 6.45. The number of hydrogen-bond acceptors (Lipinski definition) is 6. The fourth-order valence-corrected chi connectivity index (χ4v) is 2.35. The third kappa shape index (κ3) is 5.79. The monoisotopic (exact) mass is 367 g/mol. The Morgan fingerprint density at radius 2 is 2.04 bits per heavy atom. The van der Waals surface area contributed by atoms with Crippen molar-refractivity contribution in [3.05, 3.63) is 54.4 Å². The Morgan fingerprint density at radius 1 is 1.26 bits per heavy atom. The first-order valence-electron chi connectivity index (χ1n) is 8.90. The van der Waals surface area contributed by atoms with Crippen LogP contribution >= 0.6 is 0 Å². The smallest absolute Gasteiger partial charge is 0.238 e. The number of amides is 1. The minimum Gasteiger partial charge on any atom is -0.323 e. The van der Waals surface area contributed by atoms with Crippen LogP contribution in [0.25, 0.3) is 5.57 Å². The zero-order chi connectivity index (χ0) is 19.8. The van der Waals surface area contributed by atoms with Crippen molar-refractivity contribution in [1.82, 2.24) is 20.3 Å². The highest BCUT2D eigenvalue weighted by Gasteiger charge is 2.19. The van der Waals surface area contributed by atoms with Crippen LogP contribution in [-0.2, 0) is 11.3 Å². The van der Waals surface area contributed by atoms with Gasteiger partial charge in [-0.2, -0.15) is 0 Å². The average Bonchev–Trinajstić information content (AvgIpc) is 2.67. The Morgan fingerprint density at radius 3 is 2.67 bits per heavy atom. The molecule has 0 fully saturated rings. The van der Waals surface area contributed by atoms with Gasteiger partial charge >= 0.3 is 0 Å². The Balaban J connectivity index is 2.10. The first kappa shape index (κ1) is 20.4. The van der Waals surface area contributed by atoms with E-state index in [4.69, 9.17) is 0 Å². The molecule has 1 amide bonds. The molecular weight excluding hydrogens is 342 g/mol. The largest absolute Gasteiger partial charge is 0.323 e. The predicted octanol–water partition coefficient (Wildman–Crippen LogP) is 2.86. The molecular formula is C20H25N5O2. The van der Waals surface area contributed by atoms with E-state index in [1.165, 1.54) is 6.33 Å². The first-order valence-corrected chi connectivity index (χ1v) is 8.90. The molecule has 0 unspecified atom stereocenters. The molecule has 27 heavy (non-hydrogen) atoms. The van der Waals surface area contributed by atoms with Crippen LogP contribution in [0.5, 0.6) is 0 Å². The molecule has 2 rings (SSSR count). The zero-order valence-electron chi connectivity index (χ0n) is 16.0. The molecule has 142 valence electrons. The van der Waals surface area contributed by atoms with Crippen molar-refractivity contribution in [2.45, 2.75) is 33.7 Å². The number of carbonyl (C=O) groups is 2. The highest BCUT2D eigenvalue weighted by Crippen LogP contribution is 2.23. The van der Waals surface area contributed by atoms with Crippen LogP contribution in [0.2, 0.25) is 0 Å². The lowest BCUT2D eigenvalue weighted by atomic mass is 10.0. The third-order valence-corrected chi connectivity index (χ3v) is 3.99. The van der Waals surface area contributed by atoms with E-state index in [1.807, 2.05) is 6.92 Å². The second kappa shape index (κ2) is 9.68. The lowest BCUT2D eigenvalue weighted by Gasteiger charge is -2.14. The van der Waals surface area contributed by atoms with Crippen molar-refractivity contribution in [3.8, 4) is 0 Å². The summed E-state index contributed by atoms with van der Waals surface area (Å²) >= 11 is 0. The van der Waals surface area contributed by atoms with E-state index >= 15 is 0 Å². The number of nitrogens with one attached hydrogen (secondary N) is 2. The number of allylic oxidation sites excluding steroid dienone is 1. The van der Waals surface area contributed by atoms with Gasteiger partial charge in [-0.1, -0.05) is 27.4 Å². The summed E-state index contributed by atoms with van der Waals surface area (Å²) < 4.78 is 0. The number of Topliss-reactive ketones (excluding diaryl/α,β-unsaturated/α-hetero) is 1. The van der Waals surface area contributed by atoms with Crippen molar-refractivity contribution in [3.63, 3.8) is 0 Å². The number of anilines is 1. The minimum absolute atomic E-state index is 0.0816. The molecule has 0 saturated heterocycles. The second-order valence-corrected chi connectivity index (χ2v) is 6.45. The lowest BCUT2D eigenvalue weighted by molar-refractivity contribution is -0.115. The number of aromatic nitrogens is 3. The zero-order valence-corrected chi connectivity index (χ0v) is 16.0. The van der Waals surface area contributed by atoms with Gasteiger partial charge < -0.3 is 10.6 Å². The Bertz CT molecular complexity index is 818. The standard InChI is InChI=1S/C20H25N5O2/c1-5-14(4)15-8-17(19(23-9-15)20(27)13(2)3)25-18(26)11-22-10-16-6-7-21-12-24-16/h6-9,12-13,22H,4-5,10-11H2,1-3H3,(H,25,26). The molecule has 2 aromatic heterocycles. The maximum Gasteiger partial charge on any atom is 0.238 e. The number of rotatable bonds is 9. The van der Waals surface area contributed by atoms with Crippen LogP contribution in [0.1, 0.15) is 48.9 Å². The third-order valence-electron chi connectivity index (χ3n) is 3.99. The van der Waals surface area contributed by atoms with Crippen molar-refractivity contribution in [1.29, 1.82) is 0 Å². The number of ketones is 1. The van der Waals surface area contributed by atoms with E-state index in [1.54, 1.807) is 38.4 Å². The molecule has 0 aliphatic heterocycles. The Hall–Kier alpha value is -2.93. The Kier molecular flexibility index (Phi) is 7.31. The maximum atomic E-state index is 12.4. The summed E-state index contributed by atoms with van der Waals surface area (Å²) in [7, 11) is 0. The van der Waals surface area contributed by atoms with E-state index < -0.39 is 0 Å². The van der Waals surface area contributed by atoms with E-state index in [0.29, 0.717) is 12.2 Å². The van der Waals surface area contributed by atoms with Gasteiger partial charge in [0, 0.05) is 24.9 Å². The van der Waals surface area contributed by atoms with Crippen molar-refractivity contribution in [2.75, 3.05) is 11.9 Å². The van der Waals surface area contributed by atoms with E-state index in [-0.39, 0.29) is 29.8 Å². The molecule has 0 radical (unpaired) electrons. The van der Waals surface area contributed by atoms with Gasteiger partial charge in [-0.25, -0.2) is 9.97 Å². The first-order chi connectivity index (χ1) is 12.9. The summed E-state index contributed by atoms with van der Waals surface area (Å²) in [5, 5.41) is 5.81. The van der Waals surface area contributed by atoms with E-state index in [2.05, 4.69) is 32.2 Å². The lowest BCUT2D eigenvalue weighted by Crippen LogP contribution is -2.29. The van der Waals surface area contributed by atoms with Crippen LogP contribution in [0.4, 0.5) is 5.69 Å². The van der Waals surface area contributed by atoms with Gasteiger partial charge in [0.05, 0.1) is 17.9 Å². The molecule has 0 atom stereocenters. The summed E-state index contributed by atoms with van der Waals surface area (Å²) in [5.74, 6) is -0.597. The minimum atomic E-state index is -0.261. The molecule has 0 saturated carbocycles. The summed E-state index contributed by atoms with van der Waals surface area (Å²) in [6.07, 6.45) is 5.49. The number of carbonyl (C=O) groups excluding carboxylic acids is 2. The SMILES string of the molecule is C=C(CC)c1cnc(C(=O)C(C)C)c(NC(=O)CNCc2ccncn2)c1. The molecule has 7 nitrogen and oxygen atoms in total. The summed E-state index contributed by atoms with van der Waals surface area (Å²) in [5.41, 5.74) is 3.17. The van der Waals surface area contributed by atoms with Crippen molar-refractivity contribution < 1.29 is 9.59 Å². The molecule has 0 aromatic carbocycles. The Labute approximate surface area is 159 Å². The topological polar surface area (TPSA) is 96.9 Å². The van der Waals surface area contributed by atoms with Gasteiger partial charge in [-0.15, -0.1) is 0 Å². The fourth-order valence-electron chi connectivity index (χ4n) is 2.35. The summed E-state index contributed by atoms with van der Waals surface area (Å²) in [6.45, 7) is 10.1. The number of hydrogen-bond donors (Lipinski definition) is 2. The fraction of sp³-hybridized carbons (Fsp3) is 0.350. The van der Waals surface area contributed by atoms with Crippen LogP contribution in [0.15, 0.2) is 37.4 Å². The molecule has 2 heterocycles. The van der Waals surface area contributed by atoms with Gasteiger partial charge in [-0.05, 0) is 29.7 Å². The number of nitrogens with zero attached hydrogens (tertiary/aromatic N) is 3. The highest BCUT2D eigenvalue weighted by molar-refractivity contribution is 6.04. The molecule has 0 aliphatic rings. The van der Waals surface area contributed by atoms with Crippen LogP contribution < -0.4 is 10.6 Å².